The van der Waals surface area contributed by atoms with Crippen LogP contribution in [-0.4, -0.2) is 4.98 Å². The van der Waals surface area contributed by atoms with E-state index in [9.17, 15) is 0 Å². The molecule has 1 aromatic heterocycles. The van der Waals surface area contributed by atoms with Crippen LogP contribution in [0.2, 0.25) is 0 Å². The summed E-state index contributed by atoms with van der Waals surface area (Å²) in [6, 6.07) is 0. The normalized spacial score (nSPS) is 14.5. The summed E-state index contributed by atoms with van der Waals surface area (Å²) in [5.74, 6) is 0.596. The Labute approximate surface area is 118 Å². The molecular formula is C18H31N. The molecule has 0 fully saturated rings. The highest BCUT2D eigenvalue weighted by Gasteiger charge is 1.99. The molecule has 0 saturated carbocycles. The van der Waals surface area contributed by atoms with Crippen molar-refractivity contribution < 1.29 is 0 Å². The van der Waals surface area contributed by atoms with Crippen LogP contribution in [0.4, 0.5) is 0 Å². The Morgan fingerprint density at radius 3 is 2.16 bits per heavy atom. The molecule has 0 aliphatic heterocycles. The van der Waals surface area contributed by atoms with E-state index in [2.05, 4.69) is 50.1 Å². The number of H-pyrrole nitrogens is 1. The van der Waals surface area contributed by atoms with E-state index in [-0.39, 0.29) is 0 Å². The zero-order valence-corrected chi connectivity index (χ0v) is 13.8. The van der Waals surface area contributed by atoms with Gasteiger partial charge in [0.25, 0.3) is 0 Å². The number of hydrogen-bond acceptors (Lipinski definition) is 0. The van der Waals surface area contributed by atoms with Crippen LogP contribution in [-0.2, 0) is 0 Å². The summed E-state index contributed by atoms with van der Waals surface area (Å²) >= 11 is 0. The first-order valence-electron chi connectivity index (χ1n) is 7.79. The van der Waals surface area contributed by atoms with E-state index in [4.69, 9.17) is 0 Å². The second-order valence-electron chi connectivity index (χ2n) is 4.46. The summed E-state index contributed by atoms with van der Waals surface area (Å²) in [7, 11) is 0. The minimum atomic E-state index is 0.596. The van der Waals surface area contributed by atoms with Crippen LogP contribution in [0.3, 0.4) is 0 Å². The topological polar surface area (TPSA) is 15.8 Å². The number of nitrogens with one attached hydrogen (secondary N) is 1. The summed E-state index contributed by atoms with van der Waals surface area (Å²) in [5.41, 5.74) is 0. The van der Waals surface area contributed by atoms with E-state index in [1.807, 2.05) is 27.7 Å². The molecule has 2 rings (SSSR count). The predicted octanol–water partition coefficient (Wildman–Crippen LogP) is 2.66. The van der Waals surface area contributed by atoms with Gasteiger partial charge in [-0.3, -0.25) is 0 Å². The highest BCUT2D eigenvalue weighted by molar-refractivity contribution is 5.41. The molecule has 0 unspecified atom stereocenters. The molecule has 0 aromatic carbocycles. The van der Waals surface area contributed by atoms with Gasteiger partial charge in [0.15, 0.2) is 0 Å². The van der Waals surface area contributed by atoms with Crippen LogP contribution in [0, 0.1) is 5.92 Å². The standard InChI is InChI=1S/C14H19N.2C2H6/c1-4-13-12(9-10(2)3)11-7-5-6-8-14(11)15-13;2*1-2/h4,7-10,15H,5-6H2,1-3H3;2*1-2H3/b12-9-,13-4+;;. The molecule has 1 heterocycles. The van der Waals surface area contributed by atoms with Crippen LogP contribution in [0.15, 0.2) is 0 Å². The largest absolute Gasteiger partial charge is 0.355 e. The number of aromatic amines is 1. The van der Waals surface area contributed by atoms with Gasteiger partial charge in [0, 0.05) is 21.1 Å². The first-order valence-corrected chi connectivity index (χ1v) is 7.79. The molecule has 1 heteroatoms. The van der Waals surface area contributed by atoms with Crippen molar-refractivity contribution >= 4 is 24.3 Å². The molecule has 0 bridgehead atoms. The average Bonchev–Trinajstić information content (AvgIpc) is 2.81. The Hall–Kier alpha value is -1.24. The molecule has 1 aliphatic rings. The first kappa shape index (κ1) is 17.8. The van der Waals surface area contributed by atoms with Gasteiger partial charge in [-0.1, -0.05) is 65.8 Å². The highest BCUT2D eigenvalue weighted by Crippen LogP contribution is 1.93. The van der Waals surface area contributed by atoms with Crippen molar-refractivity contribution in [2.45, 2.75) is 61.3 Å². The Morgan fingerprint density at radius 1 is 1.05 bits per heavy atom. The van der Waals surface area contributed by atoms with Crippen molar-refractivity contribution in [1.29, 1.82) is 0 Å². The molecule has 1 N–H and O–H groups in total. The first-order chi connectivity index (χ1) is 9.22. The molecule has 0 spiro atoms. The van der Waals surface area contributed by atoms with Crippen LogP contribution in [0.1, 0.15) is 61.3 Å². The van der Waals surface area contributed by atoms with Gasteiger partial charge in [-0.15, -0.1) is 0 Å². The van der Waals surface area contributed by atoms with Gasteiger partial charge < -0.3 is 4.98 Å². The smallest absolute Gasteiger partial charge is 0.0421 e. The quantitative estimate of drug-likeness (QED) is 0.800. The minimum Gasteiger partial charge on any atom is -0.355 e. The van der Waals surface area contributed by atoms with Gasteiger partial charge in [0.1, 0.15) is 0 Å². The van der Waals surface area contributed by atoms with Gasteiger partial charge in [-0.25, -0.2) is 0 Å². The Balaban J connectivity index is 0.000000741. The Morgan fingerprint density at radius 2 is 1.63 bits per heavy atom. The molecule has 0 amide bonds. The number of rotatable bonds is 1. The van der Waals surface area contributed by atoms with Crippen molar-refractivity contribution in [1.82, 2.24) is 4.98 Å². The highest BCUT2D eigenvalue weighted by atomic mass is 14.7. The van der Waals surface area contributed by atoms with Crippen molar-refractivity contribution in [3.05, 3.63) is 21.1 Å². The molecular weight excluding hydrogens is 230 g/mol. The lowest BCUT2D eigenvalue weighted by Gasteiger charge is -1.94. The fourth-order valence-corrected chi connectivity index (χ4v) is 2.15. The molecule has 0 radical (unpaired) electrons. The molecule has 1 aromatic rings. The molecule has 19 heavy (non-hydrogen) atoms. The van der Waals surface area contributed by atoms with Gasteiger partial charge in [-0.05, 0) is 25.7 Å². The van der Waals surface area contributed by atoms with Crippen molar-refractivity contribution in [2.24, 2.45) is 5.92 Å². The van der Waals surface area contributed by atoms with E-state index >= 15 is 0 Å². The van der Waals surface area contributed by atoms with Crippen molar-refractivity contribution in [3.8, 4) is 0 Å². The third-order valence-corrected chi connectivity index (χ3v) is 2.79. The predicted molar refractivity (Wildman–Crippen MR) is 89.6 cm³/mol. The Bertz CT molecular complexity index is 570. The van der Waals surface area contributed by atoms with Gasteiger partial charge in [0.2, 0.25) is 0 Å². The molecule has 0 saturated heterocycles. The van der Waals surface area contributed by atoms with Crippen LogP contribution < -0.4 is 21.1 Å². The van der Waals surface area contributed by atoms with Crippen molar-refractivity contribution in [2.75, 3.05) is 0 Å². The second kappa shape index (κ2) is 9.66. The number of hydrogen-bond donors (Lipinski definition) is 1. The molecule has 108 valence electrons. The number of fused-ring (bicyclic) bond motifs is 1. The minimum absolute atomic E-state index is 0.596. The van der Waals surface area contributed by atoms with E-state index < -0.39 is 0 Å². The lowest BCUT2D eigenvalue weighted by atomic mass is 10.1. The molecule has 1 nitrogen and oxygen atoms in total. The maximum Gasteiger partial charge on any atom is 0.0421 e. The summed E-state index contributed by atoms with van der Waals surface area (Å²) in [6.45, 7) is 14.5. The van der Waals surface area contributed by atoms with Crippen LogP contribution in [0.5, 0.6) is 0 Å². The maximum absolute atomic E-state index is 3.48. The Kier molecular flexibility index (Phi) is 9.03. The SMILES string of the molecule is C/C=c1/[nH]c2c(/c1=C/C(C)C)=CCCC=2.CC.CC. The zero-order valence-electron chi connectivity index (χ0n) is 13.8. The van der Waals surface area contributed by atoms with Crippen LogP contribution >= 0.6 is 0 Å². The van der Waals surface area contributed by atoms with E-state index in [0.717, 1.165) is 6.42 Å². The third-order valence-electron chi connectivity index (χ3n) is 2.79. The van der Waals surface area contributed by atoms with Crippen molar-refractivity contribution in [3.63, 3.8) is 0 Å². The summed E-state index contributed by atoms with van der Waals surface area (Å²) < 4.78 is 0. The number of aromatic nitrogens is 1. The summed E-state index contributed by atoms with van der Waals surface area (Å²) in [5, 5.41) is 5.37. The molecule has 0 atom stereocenters. The maximum atomic E-state index is 3.48. The fraction of sp³-hybridized carbons (Fsp3) is 0.556. The zero-order chi connectivity index (χ0) is 14.8. The molecule has 1 aliphatic carbocycles. The van der Waals surface area contributed by atoms with Crippen LogP contribution in [0.25, 0.3) is 24.3 Å². The average molecular weight is 261 g/mol. The monoisotopic (exact) mass is 261 g/mol. The lowest BCUT2D eigenvalue weighted by molar-refractivity contribution is 0.879. The van der Waals surface area contributed by atoms with Gasteiger partial charge in [0.05, 0.1) is 0 Å². The summed E-state index contributed by atoms with van der Waals surface area (Å²) in [6.07, 6.45) is 11.5. The second-order valence-corrected chi connectivity index (χ2v) is 4.46. The van der Waals surface area contributed by atoms with E-state index in [1.165, 1.54) is 27.6 Å². The summed E-state index contributed by atoms with van der Waals surface area (Å²) in [4.78, 5) is 3.48. The van der Waals surface area contributed by atoms with E-state index in [1.54, 1.807) is 0 Å². The van der Waals surface area contributed by atoms with Gasteiger partial charge in [-0.2, -0.15) is 0 Å². The van der Waals surface area contributed by atoms with Gasteiger partial charge >= 0.3 is 0 Å². The third kappa shape index (κ3) is 4.74. The lowest BCUT2D eigenvalue weighted by Crippen LogP contribution is -2.38. The van der Waals surface area contributed by atoms with E-state index in [0.29, 0.717) is 5.92 Å². The fourth-order valence-electron chi connectivity index (χ4n) is 2.15.